The maximum Gasteiger partial charge on any atom is 0.122 e. The van der Waals surface area contributed by atoms with Crippen molar-refractivity contribution in [2.24, 2.45) is 0 Å². The van der Waals surface area contributed by atoms with Crippen molar-refractivity contribution in [3.63, 3.8) is 0 Å². The molecule has 1 saturated heterocycles. The zero-order valence-corrected chi connectivity index (χ0v) is 17.8. The Morgan fingerprint density at radius 1 is 1.17 bits per heavy atom. The Morgan fingerprint density at radius 2 is 1.93 bits per heavy atom. The summed E-state index contributed by atoms with van der Waals surface area (Å²) >= 11 is 0. The molecule has 0 amide bonds. The van der Waals surface area contributed by atoms with Gasteiger partial charge in [-0.25, -0.2) is 4.98 Å². The van der Waals surface area contributed by atoms with Gasteiger partial charge >= 0.3 is 0 Å². The lowest BCUT2D eigenvalue weighted by molar-refractivity contribution is 0.0779. The van der Waals surface area contributed by atoms with Crippen LogP contribution < -0.4 is 4.74 Å². The third-order valence-corrected chi connectivity index (χ3v) is 5.43. The molecule has 2 aromatic carbocycles. The van der Waals surface area contributed by atoms with E-state index in [2.05, 4.69) is 23.6 Å². The van der Waals surface area contributed by atoms with Gasteiger partial charge in [0.25, 0.3) is 0 Å². The molecule has 1 aliphatic rings. The van der Waals surface area contributed by atoms with Crippen LogP contribution >= 0.6 is 12.4 Å². The average molecular weight is 417 g/mol. The standard InChI is InChI=1S/C23H28N2O3.ClH/c1-16-7-8-22(17(2)13-16)28-15-19(26)14-25-21-6-4-3-5-20(21)24-23(25)18-9-11-27-12-10-18;/h3-8,13,18-19,26H,9-12,14-15H2,1-2H3;1H. The number of hydrogen-bond acceptors (Lipinski definition) is 4. The van der Waals surface area contributed by atoms with Crippen LogP contribution in [0, 0.1) is 13.8 Å². The highest BCUT2D eigenvalue weighted by Gasteiger charge is 2.24. The lowest BCUT2D eigenvalue weighted by Gasteiger charge is -2.24. The summed E-state index contributed by atoms with van der Waals surface area (Å²) in [5.41, 5.74) is 4.33. The van der Waals surface area contributed by atoms with Crippen molar-refractivity contribution >= 4 is 23.4 Å². The molecule has 2 heterocycles. The normalized spacial score (nSPS) is 15.8. The van der Waals surface area contributed by atoms with Gasteiger partial charge in [-0.15, -0.1) is 12.4 Å². The van der Waals surface area contributed by atoms with Crippen LogP contribution in [0.5, 0.6) is 5.75 Å². The summed E-state index contributed by atoms with van der Waals surface area (Å²) in [4.78, 5) is 4.89. The van der Waals surface area contributed by atoms with Crippen LogP contribution in [-0.4, -0.2) is 40.6 Å². The summed E-state index contributed by atoms with van der Waals surface area (Å²) in [6, 6.07) is 14.2. The van der Waals surface area contributed by atoms with Crippen LogP contribution in [0.2, 0.25) is 0 Å². The molecule has 0 aliphatic carbocycles. The fourth-order valence-corrected chi connectivity index (χ4v) is 3.96. The number of hydrogen-bond donors (Lipinski definition) is 1. The lowest BCUT2D eigenvalue weighted by Crippen LogP contribution is -2.26. The van der Waals surface area contributed by atoms with Crippen LogP contribution in [-0.2, 0) is 11.3 Å². The molecule has 0 saturated carbocycles. The van der Waals surface area contributed by atoms with Crippen LogP contribution in [0.1, 0.15) is 35.7 Å². The first kappa shape index (κ1) is 21.6. The number of aliphatic hydroxyl groups excluding tert-OH is 1. The second-order valence-electron chi connectivity index (χ2n) is 7.69. The van der Waals surface area contributed by atoms with Gasteiger partial charge in [-0.05, 0) is 50.5 Å². The number of para-hydroxylation sites is 2. The van der Waals surface area contributed by atoms with Gasteiger partial charge in [0, 0.05) is 19.1 Å². The van der Waals surface area contributed by atoms with Gasteiger partial charge in [-0.1, -0.05) is 29.8 Å². The Kier molecular flexibility index (Phi) is 7.17. The molecule has 6 heteroatoms. The quantitative estimate of drug-likeness (QED) is 0.646. The molecular formula is C23H29ClN2O3. The maximum absolute atomic E-state index is 10.7. The first-order valence-corrected chi connectivity index (χ1v) is 10.0. The zero-order valence-electron chi connectivity index (χ0n) is 17.0. The molecule has 5 nitrogen and oxygen atoms in total. The fourth-order valence-electron chi connectivity index (χ4n) is 3.96. The largest absolute Gasteiger partial charge is 0.491 e. The number of imidazole rings is 1. The van der Waals surface area contributed by atoms with Gasteiger partial charge < -0.3 is 19.1 Å². The molecular weight excluding hydrogens is 388 g/mol. The molecule has 29 heavy (non-hydrogen) atoms. The number of aryl methyl sites for hydroxylation is 2. The van der Waals surface area contributed by atoms with E-state index in [-0.39, 0.29) is 19.0 Å². The van der Waals surface area contributed by atoms with Crippen LogP contribution in [0.15, 0.2) is 42.5 Å². The van der Waals surface area contributed by atoms with Crippen molar-refractivity contribution < 1.29 is 14.6 Å². The Labute approximate surface area is 178 Å². The van der Waals surface area contributed by atoms with E-state index >= 15 is 0 Å². The number of fused-ring (bicyclic) bond motifs is 1. The van der Waals surface area contributed by atoms with Crippen LogP contribution in [0.3, 0.4) is 0 Å². The minimum Gasteiger partial charge on any atom is -0.491 e. The van der Waals surface area contributed by atoms with E-state index in [4.69, 9.17) is 14.5 Å². The molecule has 0 radical (unpaired) electrons. The summed E-state index contributed by atoms with van der Waals surface area (Å²) in [5, 5.41) is 10.7. The minimum absolute atomic E-state index is 0. The molecule has 1 aliphatic heterocycles. The molecule has 1 fully saturated rings. The maximum atomic E-state index is 10.7. The monoisotopic (exact) mass is 416 g/mol. The second-order valence-corrected chi connectivity index (χ2v) is 7.69. The van der Waals surface area contributed by atoms with Crippen molar-refractivity contribution in [3.8, 4) is 5.75 Å². The number of halogens is 1. The van der Waals surface area contributed by atoms with Crippen LogP contribution in [0.25, 0.3) is 11.0 Å². The Balaban J connectivity index is 0.00000240. The number of ether oxygens (including phenoxy) is 2. The summed E-state index contributed by atoms with van der Waals surface area (Å²) in [6.45, 7) is 6.36. The molecule has 4 rings (SSSR count). The van der Waals surface area contributed by atoms with E-state index in [0.29, 0.717) is 12.5 Å². The van der Waals surface area contributed by atoms with Crippen molar-refractivity contribution in [2.75, 3.05) is 19.8 Å². The van der Waals surface area contributed by atoms with E-state index in [1.54, 1.807) is 0 Å². The van der Waals surface area contributed by atoms with Gasteiger partial charge in [0.15, 0.2) is 0 Å². The number of rotatable bonds is 6. The second kappa shape index (κ2) is 9.61. The number of aromatic nitrogens is 2. The SMILES string of the molecule is Cc1ccc(OCC(O)Cn2c(C3CCOCC3)nc3ccccc32)c(C)c1.Cl. The highest BCUT2D eigenvalue weighted by Crippen LogP contribution is 2.29. The summed E-state index contributed by atoms with van der Waals surface area (Å²) < 4.78 is 13.6. The molecule has 3 aromatic rings. The van der Waals surface area contributed by atoms with Crippen molar-refractivity contribution in [1.82, 2.24) is 9.55 Å². The lowest BCUT2D eigenvalue weighted by atomic mass is 9.99. The smallest absolute Gasteiger partial charge is 0.122 e. The predicted octanol–water partition coefficient (Wildman–Crippen LogP) is 4.41. The molecule has 156 valence electrons. The molecule has 1 unspecified atom stereocenters. The van der Waals surface area contributed by atoms with Crippen molar-refractivity contribution in [2.45, 2.75) is 45.3 Å². The molecule has 0 spiro atoms. The van der Waals surface area contributed by atoms with Gasteiger partial charge in [0.1, 0.15) is 24.3 Å². The van der Waals surface area contributed by atoms with Gasteiger partial charge in [-0.3, -0.25) is 0 Å². The average Bonchev–Trinajstić information content (AvgIpc) is 3.06. The van der Waals surface area contributed by atoms with Crippen molar-refractivity contribution in [1.29, 1.82) is 0 Å². The van der Waals surface area contributed by atoms with Gasteiger partial charge in [-0.2, -0.15) is 0 Å². The molecule has 1 N–H and O–H groups in total. The van der Waals surface area contributed by atoms with E-state index in [1.807, 2.05) is 37.3 Å². The predicted molar refractivity (Wildman–Crippen MR) is 117 cm³/mol. The topological polar surface area (TPSA) is 56.5 Å². The Morgan fingerprint density at radius 3 is 2.69 bits per heavy atom. The first-order chi connectivity index (χ1) is 13.6. The summed E-state index contributed by atoms with van der Waals surface area (Å²) in [6.07, 6.45) is 1.33. The Bertz CT molecular complexity index is 950. The minimum atomic E-state index is -0.614. The van der Waals surface area contributed by atoms with Crippen molar-refractivity contribution in [3.05, 3.63) is 59.4 Å². The first-order valence-electron chi connectivity index (χ1n) is 10.0. The zero-order chi connectivity index (χ0) is 19.5. The van der Waals surface area contributed by atoms with E-state index in [9.17, 15) is 5.11 Å². The number of nitrogens with zero attached hydrogens (tertiary/aromatic N) is 2. The molecule has 0 bridgehead atoms. The third-order valence-electron chi connectivity index (χ3n) is 5.43. The highest BCUT2D eigenvalue weighted by atomic mass is 35.5. The van der Waals surface area contributed by atoms with E-state index in [1.165, 1.54) is 5.56 Å². The number of benzene rings is 2. The van der Waals surface area contributed by atoms with Gasteiger partial charge in [0.2, 0.25) is 0 Å². The van der Waals surface area contributed by atoms with Crippen LogP contribution in [0.4, 0.5) is 0 Å². The molecule has 1 atom stereocenters. The number of aliphatic hydroxyl groups is 1. The Hall–Kier alpha value is -2.08. The molecule has 1 aromatic heterocycles. The van der Waals surface area contributed by atoms with Gasteiger partial charge in [0.05, 0.1) is 17.6 Å². The summed E-state index contributed by atoms with van der Waals surface area (Å²) in [7, 11) is 0. The fraction of sp³-hybridized carbons (Fsp3) is 0.435. The summed E-state index contributed by atoms with van der Waals surface area (Å²) in [5.74, 6) is 2.24. The third kappa shape index (κ3) is 4.92. The van der Waals surface area contributed by atoms with E-state index < -0.39 is 6.10 Å². The highest BCUT2D eigenvalue weighted by molar-refractivity contribution is 5.85. The van der Waals surface area contributed by atoms with E-state index in [0.717, 1.165) is 54.2 Å².